The van der Waals surface area contributed by atoms with Crippen molar-refractivity contribution in [2.24, 2.45) is 0 Å². The second-order valence-electron chi connectivity index (χ2n) is 6.99. The fourth-order valence-electron chi connectivity index (χ4n) is 3.29. The zero-order chi connectivity index (χ0) is 22.4. The van der Waals surface area contributed by atoms with Crippen LogP contribution in [0.5, 0.6) is 11.5 Å². The first-order chi connectivity index (χ1) is 14.9. The van der Waals surface area contributed by atoms with Gasteiger partial charge in [-0.3, -0.25) is 19.4 Å². The van der Waals surface area contributed by atoms with Crippen molar-refractivity contribution in [1.82, 2.24) is 15.3 Å². The summed E-state index contributed by atoms with van der Waals surface area (Å²) in [4.78, 5) is 43.7. The molecular formula is C20H25N5O5S. The van der Waals surface area contributed by atoms with Crippen LogP contribution in [0.4, 0.5) is 11.5 Å². The summed E-state index contributed by atoms with van der Waals surface area (Å²) in [6.07, 6.45) is 4.24. The van der Waals surface area contributed by atoms with Gasteiger partial charge >= 0.3 is 0 Å². The third-order valence-corrected chi connectivity index (χ3v) is 5.74. The van der Waals surface area contributed by atoms with E-state index >= 15 is 0 Å². The second kappa shape index (κ2) is 10.2. The highest BCUT2D eigenvalue weighted by Crippen LogP contribution is 2.28. The van der Waals surface area contributed by atoms with Crippen molar-refractivity contribution >= 4 is 35.1 Å². The zero-order valence-corrected chi connectivity index (χ0v) is 18.1. The Labute approximate surface area is 183 Å². The topological polar surface area (TPSA) is 148 Å². The van der Waals surface area contributed by atoms with E-state index < -0.39 is 11.5 Å². The van der Waals surface area contributed by atoms with Gasteiger partial charge in [0, 0.05) is 11.6 Å². The van der Waals surface area contributed by atoms with E-state index in [4.69, 9.17) is 15.2 Å². The second-order valence-corrected chi connectivity index (χ2v) is 7.96. The van der Waals surface area contributed by atoms with Gasteiger partial charge in [0.15, 0.2) is 22.5 Å². The summed E-state index contributed by atoms with van der Waals surface area (Å²) in [5, 5.41) is 5.64. The molecule has 0 spiro atoms. The van der Waals surface area contributed by atoms with Crippen LogP contribution in [0, 0.1) is 0 Å². The summed E-state index contributed by atoms with van der Waals surface area (Å²) in [6.45, 7) is 0. The molecule has 31 heavy (non-hydrogen) atoms. The summed E-state index contributed by atoms with van der Waals surface area (Å²) < 4.78 is 10.3. The van der Waals surface area contributed by atoms with Gasteiger partial charge in [-0.25, -0.2) is 4.98 Å². The lowest BCUT2D eigenvalue weighted by atomic mass is 10.2. The number of benzene rings is 1. The largest absolute Gasteiger partial charge is 0.493 e. The van der Waals surface area contributed by atoms with Crippen molar-refractivity contribution < 1.29 is 19.1 Å². The summed E-state index contributed by atoms with van der Waals surface area (Å²) in [5.41, 5.74) is 5.35. The van der Waals surface area contributed by atoms with Gasteiger partial charge in [-0.2, -0.15) is 0 Å². The smallest absolute Gasteiger partial charge is 0.277 e. The van der Waals surface area contributed by atoms with Crippen molar-refractivity contribution in [3.8, 4) is 11.5 Å². The summed E-state index contributed by atoms with van der Waals surface area (Å²) in [7, 11) is 2.94. The first-order valence-electron chi connectivity index (χ1n) is 9.76. The van der Waals surface area contributed by atoms with E-state index in [1.807, 2.05) is 0 Å². The minimum Gasteiger partial charge on any atom is -0.493 e. The van der Waals surface area contributed by atoms with E-state index in [1.165, 1.54) is 26.4 Å². The van der Waals surface area contributed by atoms with Gasteiger partial charge in [0.1, 0.15) is 5.69 Å². The van der Waals surface area contributed by atoms with Gasteiger partial charge in [-0.05, 0) is 31.0 Å². The maximum absolute atomic E-state index is 12.5. The maximum atomic E-state index is 12.5. The van der Waals surface area contributed by atoms with Crippen LogP contribution in [0.25, 0.3) is 0 Å². The molecule has 1 aromatic carbocycles. The van der Waals surface area contributed by atoms with E-state index in [9.17, 15) is 14.4 Å². The molecule has 5 N–H and O–H groups in total. The first-order valence-corrected chi connectivity index (χ1v) is 10.7. The molecule has 1 aliphatic carbocycles. The SMILES string of the molecule is COc1ccc(C(=O)Nc2c(N)nc(SCC(=O)NC3CCCC3)[nH]c2=O)cc1OC. The van der Waals surface area contributed by atoms with Gasteiger partial charge in [-0.1, -0.05) is 24.6 Å². The van der Waals surface area contributed by atoms with E-state index in [1.54, 1.807) is 6.07 Å². The predicted octanol–water partition coefficient (Wildman–Crippen LogP) is 1.77. The van der Waals surface area contributed by atoms with Crippen LogP contribution in [-0.4, -0.2) is 47.8 Å². The molecular weight excluding hydrogens is 422 g/mol. The van der Waals surface area contributed by atoms with Crippen LogP contribution in [0.2, 0.25) is 0 Å². The number of ether oxygens (including phenoxy) is 2. The molecule has 1 aromatic heterocycles. The molecule has 2 amide bonds. The molecule has 1 saturated carbocycles. The quantitative estimate of drug-likeness (QED) is 0.353. The van der Waals surface area contributed by atoms with Crippen LogP contribution in [0.15, 0.2) is 28.2 Å². The molecule has 1 fully saturated rings. The number of aromatic amines is 1. The lowest BCUT2D eigenvalue weighted by Gasteiger charge is -2.12. The minimum atomic E-state index is -0.611. The molecule has 1 heterocycles. The molecule has 10 nitrogen and oxygen atoms in total. The van der Waals surface area contributed by atoms with Crippen LogP contribution in [0.1, 0.15) is 36.0 Å². The number of nitrogens with two attached hydrogens (primary N) is 1. The van der Waals surface area contributed by atoms with Crippen molar-refractivity contribution in [2.45, 2.75) is 36.9 Å². The number of aromatic nitrogens is 2. The number of thioether (sulfide) groups is 1. The average Bonchev–Trinajstić information content (AvgIpc) is 3.27. The van der Waals surface area contributed by atoms with E-state index in [0.717, 1.165) is 37.4 Å². The lowest BCUT2D eigenvalue weighted by Crippen LogP contribution is -2.34. The van der Waals surface area contributed by atoms with Crippen molar-refractivity contribution in [3.05, 3.63) is 34.1 Å². The Balaban J connectivity index is 1.65. The van der Waals surface area contributed by atoms with Crippen LogP contribution in [-0.2, 0) is 4.79 Å². The van der Waals surface area contributed by atoms with Crippen LogP contribution in [0.3, 0.4) is 0 Å². The highest BCUT2D eigenvalue weighted by molar-refractivity contribution is 7.99. The Kier molecular flexibility index (Phi) is 7.40. The first kappa shape index (κ1) is 22.5. The Morgan fingerprint density at radius 2 is 1.94 bits per heavy atom. The molecule has 166 valence electrons. The Hall–Kier alpha value is -3.21. The van der Waals surface area contributed by atoms with E-state index in [2.05, 4.69) is 20.6 Å². The Bertz CT molecular complexity index is 1020. The molecule has 11 heteroatoms. The number of methoxy groups -OCH3 is 2. The fourth-order valence-corrected chi connectivity index (χ4v) is 3.97. The number of hydrogen-bond acceptors (Lipinski definition) is 8. The fraction of sp³-hybridized carbons (Fsp3) is 0.400. The highest BCUT2D eigenvalue weighted by Gasteiger charge is 2.19. The number of H-pyrrole nitrogens is 1. The predicted molar refractivity (Wildman–Crippen MR) is 118 cm³/mol. The van der Waals surface area contributed by atoms with Crippen LogP contribution < -0.4 is 31.4 Å². The monoisotopic (exact) mass is 447 g/mol. The normalized spacial score (nSPS) is 13.6. The van der Waals surface area contributed by atoms with E-state index in [0.29, 0.717) is 11.5 Å². The number of carbonyl (C=O) groups excluding carboxylic acids is 2. The summed E-state index contributed by atoms with van der Waals surface area (Å²) in [6, 6.07) is 4.82. The van der Waals surface area contributed by atoms with Crippen molar-refractivity contribution in [3.63, 3.8) is 0 Å². The number of nitrogen functional groups attached to an aromatic ring is 1. The summed E-state index contributed by atoms with van der Waals surface area (Å²) >= 11 is 1.07. The zero-order valence-electron chi connectivity index (χ0n) is 17.3. The molecule has 0 saturated heterocycles. The number of rotatable bonds is 8. The maximum Gasteiger partial charge on any atom is 0.277 e. The number of carbonyl (C=O) groups is 2. The standard InChI is InChI=1S/C20H25N5O5S/c1-29-13-8-7-11(9-14(13)30-2)18(27)23-16-17(21)24-20(25-19(16)28)31-10-15(26)22-12-5-3-4-6-12/h7-9,12H,3-6,10H2,1-2H3,(H,22,26)(H,23,27)(H3,21,24,25,28). The van der Waals surface area contributed by atoms with Crippen molar-refractivity contribution in [2.75, 3.05) is 31.0 Å². The number of anilines is 2. The summed E-state index contributed by atoms with van der Waals surface area (Å²) in [5.74, 6) is 0.127. The molecule has 3 rings (SSSR count). The Morgan fingerprint density at radius 3 is 2.58 bits per heavy atom. The molecule has 1 aliphatic rings. The minimum absolute atomic E-state index is 0.107. The Morgan fingerprint density at radius 1 is 1.23 bits per heavy atom. The molecule has 0 unspecified atom stereocenters. The van der Waals surface area contributed by atoms with E-state index in [-0.39, 0.29) is 39.9 Å². The highest BCUT2D eigenvalue weighted by atomic mass is 32.2. The molecule has 2 aromatic rings. The average molecular weight is 448 g/mol. The van der Waals surface area contributed by atoms with Gasteiger partial charge < -0.3 is 25.8 Å². The molecule has 0 bridgehead atoms. The van der Waals surface area contributed by atoms with Crippen molar-refractivity contribution in [1.29, 1.82) is 0 Å². The molecule has 0 radical (unpaired) electrons. The van der Waals surface area contributed by atoms with Gasteiger partial charge in [0.2, 0.25) is 5.91 Å². The lowest BCUT2D eigenvalue weighted by molar-refractivity contribution is -0.119. The third-order valence-electron chi connectivity index (χ3n) is 4.87. The van der Waals surface area contributed by atoms with Crippen LogP contribution >= 0.6 is 11.8 Å². The van der Waals surface area contributed by atoms with Gasteiger partial charge in [0.25, 0.3) is 11.5 Å². The number of nitrogens with one attached hydrogen (secondary N) is 3. The third kappa shape index (κ3) is 5.69. The molecule has 0 atom stereocenters. The van der Waals surface area contributed by atoms with Gasteiger partial charge in [0.05, 0.1) is 20.0 Å². The molecule has 0 aliphatic heterocycles. The number of hydrogen-bond donors (Lipinski definition) is 4. The number of nitrogens with zero attached hydrogens (tertiary/aromatic N) is 1. The van der Waals surface area contributed by atoms with Gasteiger partial charge in [-0.15, -0.1) is 0 Å². The number of amides is 2.